The molecule has 4 nitrogen and oxygen atoms in total. The smallest absolute Gasteiger partial charge is 0.241 e. The monoisotopic (exact) mass is 294 g/mol. The van der Waals surface area contributed by atoms with Gasteiger partial charge in [-0.3, -0.25) is 9.69 Å². The van der Waals surface area contributed by atoms with E-state index in [1.54, 1.807) is 19.2 Å². The Morgan fingerprint density at radius 2 is 2.10 bits per heavy atom. The van der Waals surface area contributed by atoms with E-state index in [0.29, 0.717) is 18.2 Å². The predicted molar refractivity (Wildman–Crippen MR) is 80.7 cm³/mol. The van der Waals surface area contributed by atoms with Crippen molar-refractivity contribution in [2.75, 3.05) is 32.1 Å². The fourth-order valence-corrected chi connectivity index (χ4v) is 2.23. The number of carbonyl (C=O) groups is 1. The predicted octanol–water partition coefficient (Wildman–Crippen LogP) is 2.51. The van der Waals surface area contributed by atoms with Gasteiger partial charge in [0.25, 0.3) is 0 Å². The van der Waals surface area contributed by atoms with Crippen LogP contribution in [0.15, 0.2) is 24.3 Å². The van der Waals surface area contributed by atoms with Gasteiger partial charge in [0.1, 0.15) is 5.82 Å². The quantitative estimate of drug-likeness (QED) is 0.801. The number of amides is 1. The molecule has 0 radical (unpaired) electrons. The number of hydrogen-bond acceptors (Lipinski definition) is 3. The molecule has 0 bridgehead atoms. The molecular formula is C16H23FN2O2. The van der Waals surface area contributed by atoms with Crippen molar-refractivity contribution < 1.29 is 13.9 Å². The summed E-state index contributed by atoms with van der Waals surface area (Å²) in [6.07, 6.45) is 2.49. The Labute approximate surface area is 125 Å². The summed E-state index contributed by atoms with van der Waals surface area (Å²) in [5.74, 6) is 0.331. The number of anilines is 1. The minimum Gasteiger partial charge on any atom is -0.383 e. The number of nitrogens with zero attached hydrogens (tertiary/aromatic N) is 1. The van der Waals surface area contributed by atoms with Gasteiger partial charge in [-0.1, -0.05) is 0 Å². The minimum absolute atomic E-state index is 0.0710. The second kappa shape index (κ2) is 7.52. The van der Waals surface area contributed by atoms with E-state index < -0.39 is 0 Å². The first-order valence-corrected chi connectivity index (χ1v) is 7.39. The molecule has 0 unspecified atom stereocenters. The third kappa shape index (κ3) is 5.10. The topological polar surface area (TPSA) is 41.6 Å². The van der Waals surface area contributed by atoms with E-state index in [2.05, 4.69) is 10.2 Å². The molecule has 0 heterocycles. The molecule has 2 rings (SSSR count). The van der Waals surface area contributed by atoms with Crippen LogP contribution in [0.5, 0.6) is 0 Å². The van der Waals surface area contributed by atoms with Crippen LogP contribution in [0.3, 0.4) is 0 Å². The normalized spacial score (nSPS) is 16.0. The van der Waals surface area contributed by atoms with Gasteiger partial charge in [-0.15, -0.1) is 0 Å². The Kier molecular flexibility index (Phi) is 5.70. The largest absolute Gasteiger partial charge is 0.383 e. The van der Waals surface area contributed by atoms with Crippen LogP contribution in [0.2, 0.25) is 0 Å². The summed E-state index contributed by atoms with van der Waals surface area (Å²) >= 11 is 0. The van der Waals surface area contributed by atoms with E-state index in [0.717, 1.165) is 13.1 Å². The fraction of sp³-hybridized carbons (Fsp3) is 0.562. The third-order valence-electron chi connectivity index (χ3n) is 3.81. The second-order valence-electron chi connectivity index (χ2n) is 5.60. The molecule has 1 fully saturated rings. The van der Waals surface area contributed by atoms with Gasteiger partial charge in [0.05, 0.1) is 12.6 Å². The number of halogens is 1. The minimum atomic E-state index is -0.309. The molecule has 21 heavy (non-hydrogen) atoms. The van der Waals surface area contributed by atoms with Gasteiger partial charge in [-0.2, -0.15) is 0 Å². The summed E-state index contributed by atoms with van der Waals surface area (Å²) in [4.78, 5) is 14.5. The lowest BCUT2D eigenvalue weighted by molar-refractivity contribution is -0.121. The zero-order chi connectivity index (χ0) is 15.2. The number of benzene rings is 1. The van der Waals surface area contributed by atoms with E-state index in [-0.39, 0.29) is 17.8 Å². The summed E-state index contributed by atoms with van der Waals surface area (Å²) in [5.41, 5.74) is 0.617. The van der Waals surface area contributed by atoms with Crippen LogP contribution in [-0.4, -0.2) is 43.7 Å². The summed E-state index contributed by atoms with van der Waals surface area (Å²) in [6.45, 7) is 4.18. The summed E-state index contributed by atoms with van der Waals surface area (Å²) in [7, 11) is 1.67. The number of methoxy groups -OCH3 is 1. The van der Waals surface area contributed by atoms with Gasteiger partial charge in [0.15, 0.2) is 0 Å². The fourth-order valence-electron chi connectivity index (χ4n) is 2.23. The molecule has 1 amide bonds. The Bertz CT molecular complexity index is 460. The van der Waals surface area contributed by atoms with Crippen LogP contribution >= 0.6 is 0 Å². The standard InChI is InChI=1S/C16H23FN2O2/c1-12(19(9-10-21-2)11-13-3-4-13)16(20)18-15-7-5-14(17)6-8-15/h5-8,12-13H,3-4,9-11H2,1-2H3,(H,18,20)/t12-/m1/s1. The zero-order valence-electron chi connectivity index (χ0n) is 12.6. The number of carbonyl (C=O) groups excluding carboxylic acids is 1. The van der Waals surface area contributed by atoms with Crippen molar-refractivity contribution in [3.05, 3.63) is 30.1 Å². The number of rotatable bonds is 8. The van der Waals surface area contributed by atoms with Gasteiger partial charge < -0.3 is 10.1 Å². The maximum atomic E-state index is 12.9. The van der Waals surface area contributed by atoms with Gasteiger partial charge in [0.2, 0.25) is 5.91 Å². The van der Waals surface area contributed by atoms with Crippen LogP contribution in [-0.2, 0) is 9.53 Å². The Balaban J connectivity index is 1.92. The highest BCUT2D eigenvalue weighted by atomic mass is 19.1. The van der Waals surface area contributed by atoms with Crippen molar-refractivity contribution in [1.82, 2.24) is 4.90 Å². The molecule has 1 saturated carbocycles. The first kappa shape index (κ1) is 15.9. The van der Waals surface area contributed by atoms with Crippen molar-refractivity contribution in [2.24, 2.45) is 5.92 Å². The molecule has 1 N–H and O–H groups in total. The van der Waals surface area contributed by atoms with E-state index >= 15 is 0 Å². The second-order valence-corrected chi connectivity index (χ2v) is 5.60. The molecule has 0 saturated heterocycles. The van der Waals surface area contributed by atoms with E-state index in [4.69, 9.17) is 4.74 Å². The van der Waals surface area contributed by atoms with E-state index in [1.165, 1.54) is 25.0 Å². The molecule has 0 spiro atoms. The molecule has 1 aromatic carbocycles. The van der Waals surface area contributed by atoms with Crippen LogP contribution in [0.4, 0.5) is 10.1 Å². The maximum Gasteiger partial charge on any atom is 0.241 e. The first-order valence-electron chi connectivity index (χ1n) is 7.39. The summed E-state index contributed by atoms with van der Waals surface area (Å²) < 4.78 is 18.0. The molecule has 5 heteroatoms. The molecule has 0 aliphatic heterocycles. The SMILES string of the molecule is COCCN(CC1CC1)[C@H](C)C(=O)Nc1ccc(F)cc1. The van der Waals surface area contributed by atoms with Crippen LogP contribution < -0.4 is 5.32 Å². The van der Waals surface area contributed by atoms with Crippen molar-refractivity contribution >= 4 is 11.6 Å². The maximum absolute atomic E-state index is 12.9. The highest BCUT2D eigenvalue weighted by Crippen LogP contribution is 2.30. The molecule has 1 aliphatic rings. The lowest BCUT2D eigenvalue weighted by Crippen LogP contribution is -2.44. The molecule has 116 valence electrons. The number of ether oxygens (including phenoxy) is 1. The third-order valence-corrected chi connectivity index (χ3v) is 3.81. The molecule has 1 aromatic rings. The van der Waals surface area contributed by atoms with E-state index in [9.17, 15) is 9.18 Å². The average Bonchev–Trinajstić information content (AvgIpc) is 3.29. The first-order chi connectivity index (χ1) is 10.1. The highest BCUT2D eigenvalue weighted by Gasteiger charge is 2.29. The van der Waals surface area contributed by atoms with Gasteiger partial charge in [-0.25, -0.2) is 4.39 Å². The van der Waals surface area contributed by atoms with Crippen molar-refractivity contribution in [3.8, 4) is 0 Å². The van der Waals surface area contributed by atoms with Crippen molar-refractivity contribution in [3.63, 3.8) is 0 Å². The van der Waals surface area contributed by atoms with Crippen LogP contribution in [0.1, 0.15) is 19.8 Å². The summed E-state index contributed by atoms with van der Waals surface area (Å²) in [6, 6.07) is 5.59. The lowest BCUT2D eigenvalue weighted by Gasteiger charge is -2.28. The van der Waals surface area contributed by atoms with Gasteiger partial charge in [0, 0.05) is 25.9 Å². The van der Waals surface area contributed by atoms with Gasteiger partial charge in [-0.05, 0) is 49.9 Å². The molecule has 0 aromatic heterocycles. The van der Waals surface area contributed by atoms with E-state index in [1.807, 2.05) is 6.92 Å². The Hall–Kier alpha value is -1.46. The molecule has 1 atom stereocenters. The Morgan fingerprint density at radius 1 is 1.43 bits per heavy atom. The zero-order valence-corrected chi connectivity index (χ0v) is 12.6. The number of nitrogens with one attached hydrogen (secondary N) is 1. The average molecular weight is 294 g/mol. The van der Waals surface area contributed by atoms with Crippen molar-refractivity contribution in [1.29, 1.82) is 0 Å². The van der Waals surface area contributed by atoms with Crippen molar-refractivity contribution in [2.45, 2.75) is 25.8 Å². The highest BCUT2D eigenvalue weighted by molar-refractivity contribution is 5.94. The Morgan fingerprint density at radius 3 is 2.67 bits per heavy atom. The van der Waals surface area contributed by atoms with Crippen LogP contribution in [0.25, 0.3) is 0 Å². The number of hydrogen-bond donors (Lipinski definition) is 1. The molecular weight excluding hydrogens is 271 g/mol. The van der Waals surface area contributed by atoms with Gasteiger partial charge >= 0.3 is 0 Å². The molecule has 1 aliphatic carbocycles. The lowest BCUT2D eigenvalue weighted by atomic mass is 10.2. The van der Waals surface area contributed by atoms with Crippen LogP contribution in [0, 0.1) is 11.7 Å². The summed E-state index contributed by atoms with van der Waals surface area (Å²) in [5, 5.41) is 2.83.